The molecule has 0 saturated carbocycles. The summed E-state index contributed by atoms with van der Waals surface area (Å²) in [4.78, 5) is 42.0. The minimum Gasteiger partial charge on any atom is -0.493 e. The molecule has 1 aliphatic heterocycles. The Morgan fingerprint density at radius 1 is 0.978 bits per heavy atom. The number of nitrogens with zero attached hydrogens (tertiary/aromatic N) is 1. The summed E-state index contributed by atoms with van der Waals surface area (Å²) in [5.41, 5.74) is 5.63. The molecule has 5 rings (SSSR count). The van der Waals surface area contributed by atoms with Gasteiger partial charge in [0.05, 0.1) is 33.1 Å². The number of methoxy groups -OCH3 is 3. The van der Waals surface area contributed by atoms with Crippen molar-refractivity contribution >= 4 is 29.3 Å². The second kappa shape index (κ2) is 14.3. The second-order valence-corrected chi connectivity index (χ2v) is 12.3. The summed E-state index contributed by atoms with van der Waals surface area (Å²) in [6.07, 6.45) is 4.55. The highest BCUT2D eigenvalue weighted by atomic mass is 32.2. The first-order valence-corrected chi connectivity index (χ1v) is 16.6. The van der Waals surface area contributed by atoms with Crippen molar-refractivity contribution in [2.75, 3.05) is 45.2 Å². The van der Waals surface area contributed by atoms with Gasteiger partial charge in [-0.3, -0.25) is 14.4 Å². The molecular weight excluding hydrogens is 590 g/mol. The van der Waals surface area contributed by atoms with Crippen LogP contribution in [0.25, 0.3) is 11.1 Å². The molecule has 0 saturated heterocycles. The van der Waals surface area contributed by atoms with E-state index < -0.39 is 12.1 Å². The highest BCUT2D eigenvalue weighted by Crippen LogP contribution is 2.50. The van der Waals surface area contributed by atoms with Gasteiger partial charge in [-0.2, -0.15) is 11.8 Å². The molecular formula is C35H41N3O6S. The first-order valence-electron chi connectivity index (χ1n) is 15.2. The lowest BCUT2D eigenvalue weighted by Crippen LogP contribution is -2.45. The molecule has 9 nitrogen and oxygen atoms in total. The third kappa shape index (κ3) is 6.76. The zero-order valence-electron chi connectivity index (χ0n) is 26.5. The van der Waals surface area contributed by atoms with Crippen LogP contribution in [0, 0.1) is 0 Å². The third-order valence-electron chi connectivity index (χ3n) is 8.60. The van der Waals surface area contributed by atoms with Crippen molar-refractivity contribution in [3.63, 3.8) is 0 Å². The number of nitrogens with one attached hydrogen (secondary N) is 2. The van der Waals surface area contributed by atoms with Crippen LogP contribution in [0.5, 0.6) is 17.2 Å². The van der Waals surface area contributed by atoms with Gasteiger partial charge in [-0.05, 0) is 83.7 Å². The Hall–Kier alpha value is -4.18. The number of carbonyl (C=O) groups is 2. The van der Waals surface area contributed by atoms with E-state index in [1.54, 1.807) is 45.2 Å². The Balaban J connectivity index is 1.58. The lowest BCUT2D eigenvalue weighted by atomic mass is 9.95. The molecule has 1 aliphatic carbocycles. The van der Waals surface area contributed by atoms with Crippen molar-refractivity contribution in [2.45, 2.75) is 51.2 Å². The highest BCUT2D eigenvalue weighted by Gasteiger charge is 2.31. The number of carbonyl (C=O) groups excluding carboxylic acids is 2. The van der Waals surface area contributed by atoms with Crippen LogP contribution in [-0.2, 0) is 29.0 Å². The number of rotatable bonds is 10. The fourth-order valence-electron chi connectivity index (χ4n) is 6.41. The average Bonchev–Trinajstić information content (AvgIpc) is 3.29. The number of ether oxygens (including phenoxy) is 3. The molecule has 0 spiro atoms. The minimum atomic E-state index is -0.574. The normalized spacial score (nSPS) is 15.8. The molecule has 10 heteroatoms. The molecule has 0 aromatic heterocycles. The first kappa shape index (κ1) is 32.2. The van der Waals surface area contributed by atoms with Crippen LogP contribution < -0.4 is 30.3 Å². The summed E-state index contributed by atoms with van der Waals surface area (Å²) in [7, 11) is 4.71. The Bertz CT molecular complexity index is 1640. The molecule has 3 aromatic rings. The maximum atomic E-state index is 13.9. The van der Waals surface area contributed by atoms with E-state index in [4.69, 9.17) is 14.2 Å². The average molecular weight is 632 g/mol. The van der Waals surface area contributed by atoms with Crippen molar-refractivity contribution in [1.29, 1.82) is 0 Å². The van der Waals surface area contributed by atoms with Gasteiger partial charge in [-0.15, -0.1) is 0 Å². The number of aryl methyl sites for hydroxylation is 1. The highest BCUT2D eigenvalue weighted by molar-refractivity contribution is 7.98. The molecule has 3 aromatic carbocycles. The molecule has 2 aliphatic rings. The van der Waals surface area contributed by atoms with E-state index in [1.807, 2.05) is 35.4 Å². The number of amides is 2. The molecule has 0 fully saturated rings. The summed E-state index contributed by atoms with van der Waals surface area (Å²) in [5.74, 6) is 2.01. The van der Waals surface area contributed by atoms with Crippen LogP contribution in [0.2, 0.25) is 0 Å². The molecule has 2 amide bonds. The molecule has 0 bridgehead atoms. The maximum Gasteiger partial charge on any atom is 0.245 e. The predicted molar refractivity (Wildman–Crippen MR) is 179 cm³/mol. The summed E-state index contributed by atoms with van der Waals surface area (Å²) >= 11 is 1.66. The second-order valence-electron chi connectivity index (χ2n) is 11.4. The van der Waals surface area contributed by atoms with Gasteiger partial charge in [0, 0.05) is 25.6 Å². The van der Waals surface area contributed by atoms with Gasteiger partial charge in [0.25, 0.3) is 0 Å². The number of anilines is 1. The predicted octanol–water partition coefficient (Wildman–Crippen LogP) is 4.98. The standard InChI is InChI=1S/C35H41N3O6S/c1-21(39)36-27-12-10-23-18-31(42-2)33(43-3)34(44-4)32(23)25-11-13-28(30(40)19-26(25)27)37-29(15-17-45-5)35(41)38-16-14-22-8-6-7-9-24(22)20-38/h6-9,11,13,18-19,27,29H,10,12,14-17,20H2,1-5H3,(H,36,39)(H,37,40). The van der Waals surface area contributed by atoms with Crippen molar-refractivity contribution in [3.05, 3.63) is 81.0 Å². The fraction of sp³-hybridized carbons (Fsp3) is 0.400. The lowest BCUT2D eigenvalue weighted by molar-refractivity contribution is -0.133. The van der Waals surface area contributed by atoms with E-state index in [2.05, 4.69) is 22.8 Å². The number of hydrogen-bond acceptors (Lipinski definition) is 8. The molecule has 2 atom stereocenters. The van der Waals surface area contributed by atoms with E-state index in [9.17, 15) is 14.4 Å². The molecule has 2 N–H and O–H groups in total. The maximum absolute atomic E-state index is 13.9. The van der Waals surface area contributed by atoms with Crippen LogP contribution in [0.1, 0.15) is 48.1 Å². The fourth-order valence-corrected chi connectivity index (χ4v) is 6.88. The monoisotopic (exact) mass is 631 g/mol. The van der Waals surface area contributed by atoms with E-state index in [0.717, 1.165) is 34.4 Å². The molecule has 238 valence electrons. The van der Waals surface area contributed by atoms with Gasteiger partial charge >= 0.3 is 0 Å². The third-order valence-corrected chi connectivity index (χ3v) is 9.24. The van der Waals surface area contributed by atoms with Gasteiger partial charge in [-0.25, -0.2) is 0 Å². The quantitative estimate of drug-likeness (QED) is 0.323. The topological polar surface area (TPSA) is 106 Å². The summed E-state index contributed by atoms with van der Waals surface area (Å²) in [5, 5.41) is 6.37. The molecule has 2 unspecified atom stereocenters. The van der Waals surface area contributed by atoms with Gasteiger partial charge in [0.2, 0.25) is 23.0 Å². The van der Waals surface area contributed by atoms with Gasteiger partial charge < -0.3 is 29.7 Å². The lowest BCUT2D eigenvalue weighted by Gasteiger charge is -2.32. The zero-order valence-corrected chi connectivity index (χ0v) is 27.3. The Labute approximate surface area is 268 Å². The largest absolute Gasteiger partial charge is 0.493 e. The van der Waals surface area contributed by atoms with Crippen molar-refractivity contribution in [2.24, 2.45) is 0 Å². The van der Waals surface area contributed by atoms with E-state index in [0.29, 0.717) is 60.9 Å². The molecule has 1 heterocycles. The van der Waals surface area contributed by atoms with Crippen LogP contribution in [-0.4, -0.2) is 62.6 Å². The van der Waals surface area contributed by atoms with E-state index in [1.165, 1.54) is 12.5 Å². The van der Waals surface area contributed by atoms with Gasteiger partial charge in [0.1, 0.15) is 6.04 Å². The minimum absolute atomic E-state index is 0.0222. The summed E-state index contributed by atoms with van der Waals surface area (Å²) < 4.78 is 17.2. The van der Waals surface area contributed by atoms with Crippen LogP contribution in [0.3, 0.4) is 0 Å². The van der Waals surface area contributed by atoms with Gasteiger partial charge in [-0.1, -0.05) is 30.3 Å². The summed E-state index contributed by atoms with van der Waals surface area (Å²) in [6.45, 7) is 2.65. The van der Waals surface area contributed by atoms with Crippen molar-refractivity contribution in [3.8, 4) is 28.4 Å². The van der Waals surface area contributed by atoms with Crippen LogP contribution in [0.15, 0.2) is 53.3 Å². The van der Waals surface area contributed by atoms with Crippen molar-refractivity contribution in [1.82, 2.24) is 10.2 Å². The zero-order chi connectivity index (χ0) is 32.1. The van der Waals surface area contributed by atoms with Crippen LogP contribution >= 0.6 is 11.8 Å². The number of hydrogen-bond donors (Lipinski definition) is 2. The van der Waals surface area contributed by atoms with Crippen LogP contribution in [0.4, 0.5) is 5.69 Å². The van der Waals surface area contributed by atoms with Gasteiger partial charge in [0.15, 0.2) is 11.5 Å². The molecule has 0 radical (unpaired) electrons. The van der Waals surface area contributed by atoms with E-state index >= 15 is 0 Å². The summed E-state index contributed by atoms with van der Waals surface area (Å²) in [6, 6.07) is 14.3. The SMILES string of the molecule is COc1cc2c(c(OC)c1OC)-c1ccc(NC(CCSC)C(=O)N3CCc4ccccc4C3)c(=O)cc1C(NC(C)=O)CC2. The number of fused-ring (bicyclic) bond motifs is 4. The smallest absolute Gasteiger partial charge is 0.245 e. The number of thioether (sulfide) groups is 1. The Morgan fingerprint density at radius 3 is 2.42 bits per heavy atom. The Morgan fingerprint density at radius 2 is 1.73 bits per heavy atom. The number of benzene rings is 2. The van der Waals surface area contributed by atoms with Crippen molar-refractivity contribution < 1.29 is 23.8 Å². The van der Waals surface area contributed by atoms with E-state index in [-0.39, 0.29) is 17.2 Å². The molecule has 45 heavy (non-hydrogen) atoms. The Kier molecular flexibility index (Phi) is 10.2. The first-order chi connectivity index (χ1) is 21.8.